The van der Waals surface area contributed by atoms with Gasteiger partial charge in [0, 0.05) is 10.6 Å². The van der Waals surface area contributed by atoms with Crippen LogP contribution in [-0.2, 0) is 6.61 Å². The van der Waals surface area contributed by atoms with Crippen molar-refractivity contribution in [1.82, 2.24) is 5.43 Å². The summed E-state index contributed by atoms with van der Waals surface area (Å²) in [4.78, 5) is 25.9. The SMILES string of the molecule is Cc1cccc(C(=O)Oc2ccc3ccccc3c2C=NNC(=O)c2ccccc2OCc2ccc(Cl)cc2)c1. The maximum atomic E-state index is 13.0. The Hall–Kier alpha value is -4.94. The molecule has 7 heteroatoms. The van der Waals surface area contributed by atoms with Crippen molar-refractivity contribution in [2.75, 3.05) is 0 Å². The van der Waals surface area contributed by atoms with Gasteiger partial charge < -0.3 is 9.47 Å². The minimum atomic E-state index is -0.482. The highest BCUT2D eigenvalue weighted by molar-refractivity contribution is 6.30. The number of aryl methyl sites for hydroxylation is 1. The first-order chi connectivity index (χ1) is 19.5. The minimum absolute atomic E-state index is 0.274. The fourth-order valence-electron chi connectivity index (χ4n) is 4.17. The lowest BCUT2D eigenvalue weighted by atomic mass is 10.0. The van der Waals surface area contributed by atoms with E-state index in [0.717, 1.165) is 21.9 Å². The number of carbonyl (C=O) groups is 2. The summed E-state index contributed by atoms with van der Waals surface area (Å²) in [6, 6.07) is 32.7. The molecule has 0 aromatic heterocycles. The highest BCUT2D eigenvalue weighted by Crippen LogP contribution is 2.28. The van der Waals surface area contributed by atoms with Gasteiger partial charge in [0.1, 0.15) is 18.1 Å². The normalized spacial score (nSPS) is 10.9. The van der Waals surface area contributed by atoms with Gasteiger partial charge in [0.2, 0.25) is 0 Å². The number of hydrazone groups is 1. The van der Waals surface area contributed by atoms with Crippen molar-refractivity contribution in [1.29, 1.82) is 0 Å². The van der Waals surface area contributed by atoms with Crippen LogP contribution in [0.2, 0.25) is 5.02 Å². The van der Waals surface area contributed by atoms with Crippen LogP contribution in [0.15, 0.2) is 114 Å². The van der Waals surface area contributed by atoms with Crippen LogP contribution in [0.5, 0.6) is 11.5 Å². The quantitative estimate of drug-likeness (QED) is 0.0950. The molecule has 6 nitrogen and oxygen atoms in total. The van der Waals surface area contributed by atoms with Crippen LogP contribution in [-0.4, -0.2) is 18.1 Å². The maximum Gasteiger partial charge on any atom is 0.343 e. The van der Waals surface area contributed by atoms with Gasteiger partial charge in [-0.25, -0.2) is 10.2 Å². The molecule has 0 atom stereocenters. The fourth-order valence-corrected chi connectivity index (χ4v) is 4.29. The summed E-state index contributed by atoms with van der Waals surface area (Å²) in [5.41, 5.74) is 5.78. The van der Waals surface area contributed by atoms with Crippen LogP contribution in [0.3, 0.4) is 0 Å². The predicted molar refractivity (Wildman–Crippen MR) is 157 cm³/mol. The van der Waals surface area contributed by atoms with Gasteiger partial charge in [0.05, 0.1) is 17.3 Å². The molecule has 0 unspecified atom stereocenters. The molecule has 40 heavy (non-hydrogen) atoms. The van der Waals surface area contributed by atoms with E-state index < -0.39 is 11.9 Å². The van der Waals surface area contributed by atoms with Crippen molar-refractivity contribution in [3.8, 4) is 11.5 Å². The summed E-state index contributed by atoms with van der Waals surface area (Å²) >= 11 is 5.96. The van der Waals surface area contributed by atoms with Crippen molar-refractivity contribution in [2.24, 2.45) is 5.10 Å². The van der Waals surface area contributed by atoms with Crippen molar-refractivity contribution in [3.63, 3.8) is 0 Å². The Kier molecular flexibility index (Phi) is 8.18. The van der Waals surface area contributed by atoms with Crippen molar-refractivity contribution < 1.29 is 19.1 Å². The van der Waals surface area contributed by atoms with Crippen molar-refractivity contribution in [3.05, 3.63) is 142 Å². The first-order valence-corrected chi connectivity index (χ1v) is 13.0. The number of nitrogens with zero attached hydrogens (tertiary/aromatic N) is 1. The number of nitrogens with one attached hydrogen (secondary N) is 1. The average Bonchev–Trinajstić information content (AvgIpc) is 2.98. The third-order valence-corrected chi connectivity index (χ3v) is 6.44. The molecule has 0 aliphatic heterocycles. The number of esters is 1. The highest BCUT2D eigenvalue weighted by atomic mass is 35.5. The number of hydrogen-bond donors (Lipinski definition) is 1. The third-order valence-electron chi connectivity index (χ3n) is 6.19. The summed E-state index contributed by atoms with van der Waals surface area (Å²) < 4.78 is 11.7. The second-order valence-electron chi connectivity index (χ2n) is 9.07. The molecule has 0 fully saturated rings. The van der Waals surface area contributed by atoms with Gasteiger partial charge in [-0.2, -0.15) is 5.10 Å². The van der Waals surface area contributed by atoms with E-state index >= 15 is 0 Å². The van der Waals surface area contributed by atoms with Crippen LogP contribution in [0, 0.1) is 6.92 Å². The van der Waals surface area contributed by atoms with E-state index in [-0.39, 0.29) is 6.61 Å². The third kappa shape index (κ3) is 6.37. The van der Waals surface area contributed by atoms with Crippen molar-refractivity contribution in [2.45, 2.75) is 13.5 Å². The Morgan fingerprint density at radius 1 is 0.850 bits per heavy atom. The summed E-state index contributed by atoms with van der Waals surface area (Å²) in [6.45, 7) is 2.19. The van der Waals surface area contributed by atoms with Crippen LogP contribution in [0.1, 0.15) is 37.4 Å². The highest BCUT2D eigenvalue weighted by Gasteiger charge is 2.15. The number of carbonyl (C=O) groups excluding carboxylic acids is 2. The van der Waals surface area contributed by atoms with Crippen LogP contribution in [0.4, 0.5) is 0 Å². The molecule has 1 N–H and O–H groups in total. The van der Waals surface area contributed by atoms with E-state index in [1.54, 1.807) is 60.7 Å². The monoisotopic (exact) mass is 548 g/mol. The van der Waals surface area contributed by atoms with Gasteiger partial charge in [-0.1, -0.05) is 83.9 Å². The smallest absolute Gasteiger partial charge is 0.343 e. The molecule has 5 rings (SSSR count). The molecule has 0 spiro atoms. The zero-order valence-corrected chi connectivity index (χ0v) is 22.4. The Labute approximate surface area is 236 Å². The molecule has 5 aromatic carbocycles. The summed E-state index contributed by atoms with van der Waals surface area (Å²) in [6.07, 6.45) is 1.48. The molecule has 0 saturated heterocycles. The van der Waals surface area contributed by atoms with E-state index in [4.69, 9.17) is 21.1 Å². The second kappa shape index (κ2) is 12.3. The number of rotatable bonds is 8. The molecule has 0 heterocycles. The number of halogens is 1. The molecule has 0 aliphatic carbocycles. The first kappa shape index (κ1) is 26.7. The van der Waals surface area contributed by atoms with E-state index in [0.29, 0.717) is 33.2 Å². The lowest BCUT2D eigenvalue weighted by Crippen LogP contribution is -2.19. The van der Waals surface area contributed by atoms with E-state index in [1.165, 1.54) is 6.21 Å². The van der Waals surface area contributed by atoms with Crippen LogP contribution in [0.25, 0.3) is 10.8 Å². The largest absolute Gasteiger partial charge is 0.488 e. The first-order valence-electron chi connectivity index (χ1n) is 12.6. The Morgan fingerprint density at radius 2 is 1.62 bits per heavy atom. The van der Waals surface area contributed by atoms with Gasteiger partial charge in [-0.05, 0) is 65.7 Å². The van der Waals surface area contributed by atoms with Gasteiger partial charge in [-0.3, -0.25) is 4.79 Å². The molecule has 1 amide bonds. The van der Waals surface area contributed by atoms with Gasteiger partial charge >= 0.3 is 5.97 Å². The molecular weight excluding hydrogens is 524 g/mol. The second-order valence-corrected chi connectivity index (χ2v) is 9.50. The predicted octanol–water partition coefficient (Wildman–Crippen LogP) is 7.36. The number of para-hydroxylation sites is 1. The van der Waals surface area contributed by atoms with Crippen molar-refractivity contribution >= 4 is 40.5 Å². The average molecular weight is 549 g/mol. The van der Waals surface area contributed by atoms with E-state index in [1.807, 2.05) is 55.5 Å². The molecular formula is C33H25ClN2O4. The zero-order valence-electron chi connectivity index (χ0n) is 21.6. The Balaban J connectivity index is 1.36. The van der Waals surface area contributed by atoms with Crippen LogP contribution >= 0.6 is 11.6 Å². The summed E-state index contributed by atoms with van der Waals surface area (Å²) in [7, 11) is 0. The number of fused-ring (bicyclic) bond motifs is 1. The van der Waals surface area contributed by atoms with Crippen LogP contribution < -0.4 is 14.9 Å². The number of amides is 1. The molecule has 0 aliphatic rings. The standard InChI is InChI=1S/C33H25ClN2O4/c1-22-7-6-9-25(19-22)33(38)40-31-18-15-24-8-2-3-10-27(24)29(31)20-35-36-32(37)28-11-4-5-12-30(28)39-21-23-13-16-26(34)17-14-23/h2-20H,21H2,1H3,(H,36,37). The molecule has 0 radical (unpaired) electrons. The Bertz CT molecular complexity index is 1710. The summed E-state index contributed by atoms with van der Waals surface area (Å²) in [5, 5.41) is 6.60. The number of benzene rings is 5. The minimum Gasteiger partial charge on any atom is -0.488 e. The topological polar surface area (TPSA) is 77.0 Å². The lowest BCUT2D eigenvalue weighted by Gasteiger charge is -2.12. The number of ether oxygens (including phenoxy) is 2. The number of hydrogen-bond acceptors (Lipinski definition) is 5. The maximum absolute atomic E-state index is 13.0. The van der Waals surface area contributed by atoms with Gasteiger partial charge in [0.15, 0.2) is 0 Å². The molecule has 198 valence electrons. The fraction of sp³-hybridized carbons (Fsp3) is 0.0606. The van der Waals surface area contributed by atoms with E-state index in [9.17, 15) is 9.59 Å². The molecule has 5 aromatic rings. The Morgan fingerprint density at radius 3 is 2.45 bits per heavy atom. The molecule has 0 saturated carbocycles. The zero-order chi connectivity index (χ0) is 27.9. The van der Waals surface area contributed by atoms with Gasteiger partial charge in [-0.15, -0.1) is 0 Å². The molecule has 0 bridgehead atoms. The lowest BCUT2D eigenvalue weighted by molar-refractivity contribution is 0.0734. The van der Waals surface area contributed by atoms with E-state index in [2.05, 4.69) is 10.5 Å². The van der Waals surface area contributed by atoms with Gasteiger partial charge in [0.25, 0.3) is 5.91 Å². The summed E-state index contributed by atoms with van der Waals surface area (Å²) in [5.74, 6) is -0.177.